The van der Waals surface area contributed by atoms with Gasteiger partial charge in [0.1, 0.15) is 17.3 Å². The second kappa shape index (κ2) is 11.7. The van der Waals surface area contributed by atoms with E-state index in [2.05, 4.69) is 15.9 Å². The van der Waals surface area contributed by atoms with Crippen LogP contribution in [0.4, 0.5) is 0 Å². The van der Waals surface area contributed by atoms with E-state index in [0.29, 0.717) is 12.8 Å². The summed E-state index contributed by atoms with van der Waals surface area (Å²) < 4.78 is 12.5. The van der Waals surface area contributed by atoms with Gasteiger partial charge in [0.25, 0.3) is 0 Å². The van der Waals surface area contributed by atoms with Crippen LogP contribution in [0.3, 0.4) is 0 Å². The molecule has 0 aliphatic carbocycles. The van der Waals surface area contributed by atoms with Crippen molar-refractivity contribution in [3.63, 3.8) is 0 Å². The van der Waals surface area contributed by atoms with Gasteiger partial charge in [-0.1, -0.05) is 137 Å². The van der Waals surface area contributed by atoms with Crippen LogP contribution in [0, 0.1) is 0 Å². The molecule has 4 aromatic rings. The van der Waals surface area contributed by atoms with Crippen molar-refractivity contribution in [2.45, 2.75) is 60.7 Å². The summed E-state index contributed by atoms with van der Waals surface area (Å²) in [6.07, 6.45) is -0.952. The van der Waals surface area contributed by atoms with E-state index in [1.165, 1.54) is 0 Å². The highest BCUT2D eigenvalue weighted by atomic mass is 79.9. The number of aliphatic hydroxyl groups is 2. The first kappa shape index (κ1) is 27.8. The van der Waals surface area contributed by atoms with Crippen molar-refractivity contribution in [2.24, 2.45) is 0 Å². The Bertz CT molecular complexity index is 1320. The molecule has 5 rings (SSSR count). The second-order valence-electron chi connectivity index (χ2n) is 10.5. The molecule has 1 saturated heterocycles. The maximum absolute atomic E-state index is 12.9. The lowest BCUT2D eigenvalue weighted by atomic mass is 9.64. The van der Waals surface area contributed by atoms with Gasteiger partial charge in [-0.3, -0.25) is 0 Å². The van der Waals surface area contributed by atoms with E-state index in [-0.39, 0.29) is 13.0 Å². The van der Waals surface area contributed by atoms with Crippen LogP contribution in [-0.4, -0.2) is 38.1 Å². The van der Waals surface area contributed by atoms with Crippen LogP contribution in [0.2, 0.25) is 0 Å². The highest BCUT2D eigenvalue weighted by molar-refractivity contribution is 9.10. The van der Waals surface area contributed by atoms with E-state index in [4.69, 9.17) is 9.47 Å². The molecular weight excluding hydrogens is 552 g/mol. The summed E-state index contributed by atoms with van der Waals surface area (Å²) in [7, 11) is 0. The molecule has 5 atom stereocenters. The number of ether oxygens (including phenoxy) is 2. The molecule has 0 amide bonds. The van der Waals surface area contributed by atoms with Crippen molar-refractivity contribution in [2.75, 3.05) is 0 Å². The van der Waals surface area contributed by atoms with E-state index in [0.717, 1.165) is 22.3 Å². The first-order chi connectivity index (χ1) is 18.9. The van der Waals surface area contributed by atoms with E-state index in [1.54, 1.807) is 0 Å². The van der Waals surface area contributed by atoms with Crippen LogP contribution in [0.25, 0.3) is 0 Å². The Balaban J connectivity index is 1.70. The lowest BCUT2D eigenvalue weighted by Crippen LogP contribution is -2.79. The van der Waals surface area contributed by atoms with Gasteiger partial charge in [0.2, 0.25) is 0 Å². The van der Waals surface area contributed by atoms with Crippen LogP contribution in [0.15, 0.2) is 121 Å². The topological polar surface area (TPSA) is 58.9 Å². The van der Waals surface area contributed by atoms with Crippen LogP contribution in [0.5, 0.6) is 0 Å². The molecule has 0 radical (unpaired) electrons. The van der Waals surface area contributed by atoms with Crippen LogP contribution < -0.4 is 0 Å². The molecule has 5 heteroatoms. The third-order valence-electron chi connectivity index (χ3n) is 7.82. The SMILES string of the molecule is C[C@H]1OC(Br)(Cc2ccccc2)[C@](Cc2ccccc2)(OCc2ccccc2)[C@](O)(Cc2ccccc2)[C@H]1O. The molecule has 0 aromatic heterocycles. The van der Waals surface area contributed by atoms with Gasteiger partial charge in [-0.15, -0.1) is 0 Å². The standard InChI is InChI=1S/C34H35BrO4/c1-26-31(36)32(37,22-27-14-6-2-7-15-27)33(23-28-16-8-3-9-17-28,38-25-30-20-12-5-13-21-30)34(35,39-26)24-29-18-10-4-11-19-29/h2-21,26,31,36-37H,22-25H2,1H3/t26-,31+,32+,33-,34?/m1/s1. The molecule has 202 valence electrons. The lowest BCUT2D eigenvalue weighted by Gasteiger charge is -2.61. The Kier molecular flexibility index (Phi) is 8.36. The average Bonchev–Trinajstić information content (AvgIpc) is 2.96. The zero-order valence-corrected chi connectivity index (χ0v) is 23.7. The number of rotatable bonds is 9. The normalized spacial score (nSPS) is 28.7. The molecule has 1 aliphatic rings. The Morgan fingerprint density at radius 1 is 0.667 bits per heavy atom. The maximum Gasteiger partial charge on any atom is 0.159 e. The van der Waals surface area contributed by atoms with Gasteiger partial charge < -0.3 is 19.7 Å². The number of benzene rings is 4. The van der Waals surface area contributed by atoms with Crippen molar-refractivity contribution in [1.82, 2.24) is 0 Å². The lowest BCUT2D eigenvalue weighted by molar-refractivity contribution is -0.338. The quantitative estimate of drug-likeness (QED) is 0.227. The molecule has 1 unspecified atom stereocenters. The van der Waals surface area contributed by atoms with Crippen molar-refractivity contribution in [1.29, 1.82) is 0 Å². The van der Waals surface area contributed by atoms with Gasteiger partial charge >= 0.3 is 0 Å². The Morgan fingerprint density at radius 2 is 1.08 bits per heavy atom. The number of hydrogen-bond acceptors (Lipinski definition) is 4. The summed E-state index contributed by atoms with van der Waals surface area (Å²) in [5, 5.41) is 24.7. The number of alkyl halides is 1. The summed E-state index contributed by atoms with van der Waals surface area (Å²) >= 11 is 4.03. The van der Waals surface area contributed by atoms with Crippen LogP contribution in [-0.2, 0) is 35.3 Å². The summed E-state index contributed by atoms with van der Waals surface area (Å²) in [5.41, 5.74) is 0.766. The molecule has 1 heterocycles. The molecule has 39 heavy (non-hydrogen) atoms. The Morgan fingerprint density at radius 3 is 1.56 bits per heavy atom. The van der Waals surface area contributed by atoms with Gasteiger partial charge in [0.05, 0.1) is 12.7 Å². The largest absolute Gasteiger partial charge is 0.387 e. The van der Waals surface area contributed by atoms with E-state index in [9.17, 15) is 10.2 Å². The average molecular weight is 588 g/mol. The highest BCUT2D eigenvalue weighted by Crippen LogP contribution is 2.55. The van der Waals surface area contributed by atoms with E-state index >= 15 is 0 Å². The zero-order chi connectivity index (χ0) is 27.3. The van der Waals surface area contributed by atoms with Gasteiger partial charge in [0.15, 0.2) is 4.51 Å². The van der Waals surface area contributed by atoms with Crippen molar-refractivity contribution >= 4 is 15.9 Å². The first-order valence-corrected chi connectivity index (χ1v) is 14.2. The van der Waals surface area contributed by atoms with Crippen molar-refractivity contribution in [3.8, 4) is 0 Å². The van der Waals surface area contributed by atoms with Crippen molar-refractivity contribution < 1.29 is 19.7 Å². The van der Waals surface area contributed by atoms with Gasteiger partial charge in [-0.05, 0) is 29.2 Å². The number of halogens is 1. The molecule has 2 N–H and O–H groups in total. The smallest absolute Gasteiger partial charge is 0.159 e. The minimum absolute atomic E-state index is 0.187. The van der Waals surface area contributed by atoms with Crippen LogP contribution >= 0.6 is 15.9 Å². The molecule has 1 fully saturated rings. The molecule has 0 bridgehead atoms. The zero-order valence-electron chi connectivity index (χ0n) is 22.1. The van der Waals surface area contributed by atoms with Crippen molar-refractivity contribution in [3.05, 3.63) is 144 Å². The summed E-state index contributed by atoms with van der Waals surface area (Å²) in [6.45, 7) is 2.04. The minimum Gasteiger partial charge on any atom is -0.387 e. The molecule has 1 aliphatic heterocycles. The van der Waals surface area contributed by atoms with Gasteiger partial charge in [-0.25, -0.2) is 0 Å². The highest BCUT2D eigenvalue weighted by Gasteiger charge is 2.71. The Hall–Kier alpha value is -2.80. The summed E-state index contributed by atoms with van der Waals surface area (Å²) in [6, 6.07) is 39.7. The Labute approximate surface area is 239 Å². The molecule has 4 nitrogen and oxygen atoms in total. The molecule has 0 saturated carbocycles. The third-order valence-corrected chi connectivity index (χ3v) is 8.93. The van der Waals surface area contributed by atoms with Crippen LogP contribution in [0.1, 0.15) is 29.2 Å². The molecule has 4 aromatic carbocycles. The predicted octanol–water partition coefficient (Wildman–Crippen LogP) is 6.27. The van der Waals surface area contributed by atoms with Gasteiger partial charge in [-0.2, -0.15) is 0 Å². The fourth-order valence-corrected chi connectivity index (χ4v) is 7.05. The first-order valence-electron chi connectivity index (χ1n) is 13.4. The predicted molar refractivity (Wildman–Crippen MR) is 158 cm³/mol. The number of aliphatic hydroxyl groups excluding tert-OH is 1. The fourth-order valence-electron chi connectivity index (χ4n) is 5.83. The van der Waals surface area contributed by atoms with E-state index < -0.39 is 27.9 Å². The molecule has 0 spiro atoms. The van der Waals surface area contributed by atoms with Gasteiger partial charge in [0, 0.05) is 19.3 Å². The summed E-state index contributed by atoms with van der Waals surface area (Å²) in [4.78, 5) is 0. The minimum atomic E-state index is -1.71. The third kappa shape index (κ3) is 5.60. The fraction of sp³-hybridized carbons (Fsp3) is 0.294. The monoisotopic (exact) mass is 586 g/mol. The number of hydrogen-bond donors (Lipinski definition) is 2. The maximum atomic E-state index is 12.9. The second-order valence-corrected chi connectivity index (χ2v) is 11.8. The van der Waals surface area contributed by atoms with E-state index in [1.807, 2.05) is 128 Å². The summed E-state index contributed by atoms with van der Waals surface area (Å²) in [5.74, 6) is 0. The molecular formula is C34H35BrO4.